The summed E-state index contributed by atoms with van der Waals surface area (Å²) >= 11 is 0. The number of nitriles is 1. The number of nitrogens with zero attached hydrogens (tertiary/aromatic N) is 2. The number of rotatable bonds is 7. The van der Waals surface area contributed by atoms with Crippen molar-refractivity contribution in [2.75, 3.05) is 39.2 Å². The largest absolute Gasteiger partial charge is 0.389 e. The van der Waals surface area contributed by atoms with Crippen LogP contribution in [0.25, 0.3) is 0 Å². The Morgan fingerprint density at radius 2 is 2.15 bits per heavy atom. The lowest BCUT2D eigenvalue weighted by molar-refractivity contribution is -0.117. The van der Waals surface area contributed by atoms with Crippen molar-refractivity contribution in [3.63, 3.8) is 0 Å². The number of aliphatic hydroxyl groups excluding tert-OH is 1. The SMILES string of the molecule is COCC(O)CN(C)CC(=O)Nc1ccc(C#N)cc1. The van der Waals surface area contributed by atoms with Crippen LogP contribution < -0.4 is 5.32 Å². The van der Waals surface area contributed by atoms with Gasteiger partial charge >= 0.3 is 0 Å². The van der Waals surface area contributed by atoms with Gasteiger partial charge in [0.2, 0.25) is 5.91 Å². The molecule has 1 aromatic carbocycles. The van der Waals surface area contributed by atoms with E-state index in [-0.39, 0.29) is 19.1 Å². The standard InChI is InChI=1S/C14H19N3O3/c1-17(8-13(18)10-20-2)9-14(19)16-12-5-3-11(7-15)4-6-12/h3-6,13,18H,8-10H2,1-2H3,(H,16,19). The van der Waals surface area contributed by atoms with Gasteiger partial charge in [-0.25, -0.2) is 0 Å². The number of carbonyl (C=O) groups excluding carboxylic acids is 1. The number of amides is 1. The van der Waals surface area contributed by atoms with Crippen LogP contribution >= 0.6 is 0 Å². The van der Waals surface area contributed by atoms with Gasteiger partial charge in [0.05, 0.1) is 30.9 Å². The number of carbonyl (C=O) groups is 1. The highest BCUT2D eigenvalue weighted by Gasteiger charge is 2.11. The first-order valence-corrected chi connectivity index (χ1v) is 6.20. The molecule has 1 atom stereocenters. The zero-order valence-corrected chi connectivity index (χ0v) is 11.7. The fourth-order valence-electron chi connectivity index (χ4n) is 1.74. The number of hydrogen-bond donors (Lipinski definition) is 2. The van der Waals surface area contributed by atoms with Crippen molar-refractivity contribution in [1.29, 1.82) is 5.26 Å². The van der Waals surface area contributed by atoms with Gasteiger partial charge in [-0.3, -0.25) is 9.69 Å². The topological polar surface area (TPSA) is 85.6 Å². The lowest BCUT2D eigenvalue weighted by Gasteiger charge is -2.19. The van der Waals surface area contributed by atoms with Crippen LogP contribution in [0.1, 0.15) is 5.56 Å². The van der Waals surface area contributed by atoms with Crippen molar-refractivity contribution in [3.05, 3.63) is 29.8 Å². The number of anilines is 1. The van der Waals surface area contributed by atoms with E-state index in [1.807, 2.05) is 6.07 Å². The zero-order chi connectivity index (χ0) is 15.0. The van der Waals surface area contributed by atoms with E-state index in [4.69, 9.17) is 10.00 Å². The molecular weight excluding hydrogens is 258 g/mol. The van der Waals surface area contributed by atoms with Gasteiger partial charge in [0.15, 0.2) is 0 Å². The number of likely N-dealkylation sites (N-methyl/N-ethyl adjacent to an activating group) is 1. The molecule has 108 valence electrons. The summed E-state index contributed by atoms with van der Waals surface area (Å²) in [6.07, 6.45) is -0.618. The minimum Gasteiger partial charge on any atom is -0.389 e. The predicted octanol–water partition coefficient (Wildman–Crippen LogP) is 0.436. The van der Waals surface area contributed by atoms with Crippen LogP contribution in [0.4, 0.5) is 5.69 Å². The summed E-state index contributed by atoms with van der Waals surface area (Å²) in [5, 5.41) is 21.0. The molecule has 20 heavy (non-hydrogen) atoms. The monoisotopic (exact) mass is 277 g/mol. The average Bonchev–Trinajstić information content (AvgIpc) is 2.39. The van der Waals surface area contributed by atoms with Gasteiger partial charge in [0.1, 0.15) is 0 Å². The van der Waals surface area contributed by atoms with Crippen molar-refractivity contribution in [2.24, 2.45) is 0 Å². The summed E-state index contributed by atoms with van der Waals surface area (Å²) in [5.74, 6) is -0.179. The van der Waals surface area contributed by atoms with Crippen molar-refractivity contribution >= 4 is 11.6 Å². The van der Waals surface area contributed by atoms with Gasteiger partial charge < -0.3 is 15.2 Å². The highest BCUT2D eigenvalue weighted by Crippen LogP contribution is 2.08. The Bertz CT molecular complexity index is 468. The quantitative estimate of drug-likeness (QED) is 0.755. The molecule has 0 aliphatic rings. The molecule has 0 spiro atoms. The van der Waals surface area contributed by atoms with E-state index in [1.54, 1.807) is 36.2 Å². The third-order valence-corrected chi connectivity index (χ3v) is 2.59. The normalized spacial score (nSPS) is 11.9. The van der Waals surface area contributed by atoms with Crippen molar-refractivity contribution < 1.29 is 14.6 Å². The van der Waals surface area contributed by atoms with E-state index in [9.17, 15) is 9.90 Å². The molecule has 0 fully saturated rings. The first kappa shape index (κ1) is 16.1. The molecule has 0 radical (unpaired) electrons. The molecule has 1 rings (SSSR count). The Kier molecular flexibility index (Phi) is 6.67. The molecule has 0 heterocycles. The van der Waals surface area contributed by atoms with E-state index in [0.29, 0.717) is 17.8 Å². The fraction of sp³-hybridized carbons (Fsp3) is 0.429. The highest BCUT2D eigenvalue weighted by molar-refractivity contribution is 5.92. The van der Waals surface area contributed by atoms with Gasteiger partial charge in [-0.1, -0.05) is 0 Å². The van der Waals surface area contributed by atoms with E-state index in [1.165, 1.54) is 7.11 Å². The van der Waals surface area contributed by atoms with Gasteiger partial charge in [0, 0.05) is 19.3 Å². The van der Waals surface area contributed by atoms with Crippen LogP contribution in [0.5, 0.6) is 0 Å². The van der Waals surface area contributed by atoms with Gasteiger partial charge in [0.25, 0.3) is 0 Å². The minimum atomic E-state index is -0.618. The molecule has 1 aromatic rings. The van der Waals surface area contributed by atoms with Gasteiger partial charge in [-0.15, -0.1) is 0 Å². The molecule has 0 aliphatic carbocycles. The molecule has 1 amide bonds. The smallest absolute Gasteiger partial charge is 0.238 e. The second-order valence-corrected chi connectivity index (χ2v) is 4.54. The maximum atomic E-state index is 11.8. The van der Waals surface area contributed by atoms with E-state index >= 15 is 0 Å². The third-order valence-electron chi connectivity index (χ3n) is 2.59. The maximum absolute atomic E-state index is 11.8. The van der Waals surface area contributed by atoms with Crippen LogP contribution in [0.3, 0.4) is 0 Å². The molecule has 0 aliphatic heterocycles. The summed E-state index contributed by atoms with van der Waals surface area (Å²) in [6, 6.07) is 8.65. The molecular formula is C14H19N3O3. The Hall–Kier alpha value is -1.94. The fourth-order valence-corrected chi connectivity index (χ4v) is 1.74. The molecule has 2 N–H and O–H groups in total. The van der Waals surface area contributed by atoms with Crippen LogP contribution in [0.15, 0.2) is 24.3 Å². The molecule has 6 nitrogen and oxygen atoms in total. The van der Waals surface area contributed by atoms with E-state index in [0.717, 1.165) is 0 Å². The zero-order valence-electron chi connectivity index (χ0n) is 11.7. The number of hydrogen-bond acceptors (Lipinski definition) is 5. The predicted molar refractivity (Wildman–Crippen MR) is 75.2 cm³/mol. The van der Waals surface area contributed by atoms with Crippen LogP contribution in [-0.2, 0) is 9.53 Å². The molecule has 1 unspecified atom stereocenters. The molecule has 0 saturated carbocycles. The van der Waals surface area contributed by atoms with Gasteiger partial charge in [-0.05, 0) is 31.3 Å². The maximum Gasteiger partial charge on any atom is 0.238 e. The highest BCUT2D eigenvalue weighted by atomic mass is 16.5. The molecule has 6 heteroatoms. The van der Waals surface area contributed by atoms with Crippen LogP contribution in [-0.4, -0.2) is 55.9 Å². The first-order chi connectivity index (χ1) is 9.55. The van der Waals surface area contributed by atoms with Crippen LogP contribution in [0, 0.1) is 11.3 Å². The van der Waals surface area contributed by atoms with Crippen molar-refractivity contribution in [1.82, 2.24) is 4.90 Å². The number of benzene rings is 1. The first-order valence-electron chi connectivity index (χ1n) is 6.20. The summed E-state index contributed by atoms with van der Waals surface area (Å²) in [5.41, 5.74) is 1.18. The summed E-state index contributed by atoms with van der Waals surface area (Å²) in [4.78, 5) is 13.5. The van der Waals surface area contributed by atoms with E-state index < -0.39 is 6.10 Å². The second-order valence-electron chi connectivity index (χ2n) is 4.54. The second kappa shape index (κ2) is 8.27. The number of nitrogens with one attached hydrogen (secondary N) is 1. The van der Waals surface area contributed by atoms with Crippen LogP contribution in [0.2, 0.25) is 0 Å². The minimum absolute atomic E-state index is 0.167. The van der Waals surface area contributed by atoms with E-state index in [2.05, 4.69) is 5.32 Å². The Morgan fingerprint density at radius 1 is 1.50 bits per heavy atom. The Balaban J connectivity index is 2.40. The number of methoxy groups -OCH3 is 1. The number of ether oxygens (including phenoxy) is 1. The lowest BCUT2D eigenvalue weighted by Crippen LogP contribution is -2.37. The summed E-state index contributed by atoms with van der Waals surface area (Å²) in [6.45, 7) is 0.761. The summed E-state index contributed by atoms with van der Waals surface area (Å²) < 4.78 is 4.82. The Labute approximate surface area is 118 Å². The molecule has 0 saturated heterocycles. The molecule has 0 aromatic heterocycles. The number of aliphatic hydroxyl groups is 1. The summed E-state index contributed by atoms with van der Waals surface area (Å²) in [7, 11) is 3.26. The third kappa shape index (κ3) is 5.80. The van der Waals surface area contributed by atoms with Crippen molar-refractivity contribution in [2.45, 2.75) is 6.10 Å². The molecule has 0 bridgehead atoms. The van der Waals surface area contributed by atoms with Gasteiger partial charge in [-0.2, -0.15) is 5.26 Å². The van der Waals surface area contributed by atoms with Crippen molar-refractivity contribution in [3.8, 4) is 6.07 Å². The Morgan fingerprint density at radius 3 is 2.70 bits per heavy atom. The lowest BCUT2D eigenvalue weighted by atomic mass is 10.2. The average molecular weight is 277 g/mol.